The monoisotopic (exact) mass is 437 g/mol. The first-order chi connectivity index (χ1) is 11.2. The number of benzene rings is 2. The summed E-state index contributed by atoms with van der Waals surface area (Å²) in [5.41, 5.74) is 3.67. The highest BCUT2D eigenvalue weighted by molar-refractivity contribution is 14.0. The molecule has 0 fully saturated rings. The van der Waals surface area contributed by atoms with Crippen molar-refractivity contribution >= 4 is 29.9 Å². The number of rotatable bonds is 5. The predicted molar refractivity (Wildman–Crippen MR) is 109 cm³/mol. The SMILES string of the molecule is Cc1cccc(COc2ccc(CNC3=NCCN3C)cc2)c1.I. The van der Waals surface area contributed by atoms with Crippen molar-refractivity contribution in [1.29, 1.82) is 0 Å². The van der Waals surface area contributed by atoms with Gasteiger partial charge in [0, 0.05) is 20.1 Å². The Morgan fingerprint density at radius 3 is 2.58 bits per heavy atom. The zero-order valence-corrected chi connectivity index (χ0v) is 16.5. The van der Waals surface area contributed by atoms with Crippen LogP contribution in [0.15, 0.2) is 53.5 Å². The highest BCUT2D eigenvalue weighted by Crippen LogP contribution is 2.15. The van der Waals surface area contributed by atoms with Gasteiger partial charge in [0.15, 0.2) is 5.96 Å². The quantitative estimate of drug-likeness (QED) is 0.727. The fraction of sp³-hybridized carbons (Fsp3) is 0.316. The van der Waals surface area contributed by atoms with Crippen molar-refractivity contribution in [1.82, 2.24) is 10.2 Å². The molecule has 4 nitrogen and oxygen atoms in total. The second-order valence-corrected chi connectivity index (χ2v) is 5.90. The molecule has 0 unspecified atom stereocenters. The lowest BCUT2D eigenvalue weighted by atomic mass is 10.1. The van der Waals surface area contributed by atoms with Gasteiger partial charge < -0.3 is 15.0 Å². The molecule has 0 atom stereocenters. The van der Waals surface area contributed by atoms with Crippen molar-refractivity contribution in [3.8, 4) is 5.75 Å². The van der Waals surface area contributed by atoms with Crippen LogP contribution in [-0.4, -0.2) is 31.0 Å². The minimum absolute atomic E-state index is 0. The van der Waals surface area contributed by atoms with E-state index in [9.17, 15) is 0 Å². The third-order valence-corrected chi connectivity index (χ3v) is 3.92. The molecule has 1 heterocycles. The average Bonchev–Trinajstić information content (AvgIpc) is 2.97. The van der Waals surface area contributed by atoms with Gasteiger partial charge in [0.2, 0.25) is 0 Å². The molecule has 5 heteroatoms. The fourth-order valence-electron chi connectivity index (χ4n) is 2.58. The van der Waals surface area contributed by atoms with Gasteiger partial charge in [-0.05, 0) is 30.2 Å². The van der Waals surface area contributed by atoms with Crippen LogP contribution in [0.5, 0.6) is 5.75 Å². The maximum atomic E-state index is 5.84. The van der Waals surface area contributed by atoms with E-state index >= 15 is 0 Å². The molecule has 0 bridgehead atoms. The van der Waals surface area contributed by atoms with Gasteiger partial charge in [0.05, 0.1) is 6.54 Å². The topological polar surface area (TPSA) is 36.9 Å². The highest BCUT2D eigenvalue weighted by atomic mass is 127. The predicted octanol–water partition coefficient (Wildman–Crippen LogP) is 3.58. The fourth-order valence-corrected chi connectivity index (χ4v) is 2.58. The largest absolute Gasteiger partial charge is 0.489 e. The molecular formula is C19H24IN3O. The Kier molecular flexibility index (Phi) is 6.90. The summed E-state index contributed by atoms with van der Waals surface area (Å²) >= 11 is 0. The lowest BCUT2D eigenvalue weighted by molar-refractivity contribution is 0.306. The number of nitrogens with one attached hydrogen (secondary N) is 1. The Balaban J connectivity index is 0.00000208. The van der Waals surface area contributed by atoms with E-state index in [2.05, 4.69) is 65.6 Å². The van der Waals surface area contributed by atoms with Gasteiger partial charge in [-0.15, -0.1) is 24.0 Å². The van der Waals surface area contributed by atoms with E-state index in [1.807, 2.05) is 12.1 Å². The van der Waals surface area contributed by atoms with E-state index < -0.39 is 0 Å². The lowest BCUT2D eigenvalue weighted by Crippen LogP contribution is -2.35. The molecule has 2 aromatic rings. The molecule has 1 N–H and O–H groups in total. The Hall–Kier alpha value is -1.76. The Labute approximate surface area is 160 Å². The first kappa shape index (κ1) is 18.6. The van der Waals surface area contributed by atoms with Gasteiger partial charge >= 0.3 is 0 Å². The van der Waals surface area contributed by atoms with Gasteiger partial charge in [-0.1, -0.05) is 42.0 Å². The molecule has 1 aliphatic rings. The molecule has 3 rings (SSSR count). The molecule has 0 aromatic heterocycles. The first-order valence-electron chi connectivity index (χ1n) is 7.97. The van der Waals surface area contributed by atoms with Crippen LogP contribution in [0.4, 0.5) is 0 Å². The summed E-state index contributed by atoms with van der Waals surface area (Å²) in [5, 5.41) is 3.37. The van der Waals surface area contributed by atoms with Crippen LogP contribution in [0, 0.1) is 6.92 Å². The maximum absolute atomic E-state index is 5.84. The van der Waals surface area contributed by atoms with E-state index in [1.54, 1.807) is 0 Å². The third kappa shape index (κ3) is 5.12. The first-order valence-corrected chi connectivity index (χ1v) is 7.97. The van der Waals surface area contributed by atoms with Crippen molar-refractivity contribution in [2.75, 3.05) is 20.1 Å². The van der Waals surface area contributed by atoms with Gasteiger partial charge in [-0.3, -0.25) is 4.99 Å². The number of likely N-dealkylation sites (N-methyl/N-ethyl adjacent to an activating group) is 1. The summed E-state index contributed by atoms with van der Waals surface area (Å²) in [6.45, 7) is 5.35. The summed E-state index contributed by atoms with van der Waals surface area (Å²) in [7, 11) is 2.06. The zero-order valence-electron chi connectivity index (χ0n) is 14.2. The smallest absolute Gasteiger partial charge is 0.194 e. The number of ether oxygens (including phenoxy) is 1. The van der Waals surface area contributed by atoms with Crippen LogP contribution >= 0.6 is 24.0 Å². The van der Waals surface area contributed by atoms with Crippen LogP contribution in [0.2, 0.25) is 0 Å². The van der Waals surface area contributed by atoms with Crippen LogP contribution in [-0.2, 0) is 13.2 Å². The molecular weight excluding hydrogens is 413 g/mol. The Morgan fingerprint density at radius 1 is 1.12 bits per heavy atom. The summed E-state index contributed by atoms with van der Waals surface area (Å²) in [4.78, 5) is 6.56. The molecule has 2 aromatic carbocycles. The zero-order chi connectivity index (χ0) is 16.1. The molecule has 24 heavy (non-hydrogen) atoms. The molecule has 0 aliphatic carbocycles. The van der Waals surface area contributed by atoms with E-state index in [0.29, 0.717) is 6.61 Å². The number of hydrogen-bond acceptors (Lipinski definition) is 4. The normalized spacial score (nSPS) is 13.2. The van der Waals surface area contributed by atoms with E-state index in [4.69, 9.17) is 4.74 Å². The molecule has 0 spiro atoms. The number of aliphatic imine (C=N–C) groups is 1. The number of guanidine groups is 1. The summed E-state index contributed by atoms with van der Waals surface area (Å²) in [5.74, 6) is 1.87. The average molecular weight is 437 g/mol. The third-order valence-electron chi connectivity index (χ3n) is 3.92. The van der Waals surface area contributed by atoms with Crippen molar-refractivity contribution in [3.05, 3.63) is 65.2 Å². The number of aryl methyl sites for hydroxylation is 1. The van der Waals surface area contributed by atoms with Crippen molar-refractivity contribution in [2.45, 2.75) is 20.1 Å². The van der Waals surface area contributed by atoms with Gasteiger partial charge in [0.25, 0.3) is 0 Å². The summed E-state index contributed by atoms with van der Waals surface area (Å²) in [6.07, 6.45) is 0. The van der Waals surface area contributed by atoms with Crippen LogP contribution in [0.25, 0.3) is 0 Å². The molecule has 1 aliphatic heterocycles. The van der Waals surface area contributed by atoms with Crippen LogP contribution in [0.3, 0.4) is 0 Å². The van der Waals surface area contributed by atoms with Crippen molar-refractivity contribution in [3.63, 3.8) is 0 Å². The minimum Gasteiger partial charge on any atom is -0.489 e. The second-order valence-electron chi connectivity index (χ2n) is 5.90. The number of halogens is 1. The van der Waals surface area contributed by atoms with Crippen molar-refractivity contribution in [2.24, 2.45) is 4.99 Å². The highest BCUT2D eigenvalue weighted by Gasteiger charge is 2.11. The molecule has 0 saturated heterocycles. The van der Waals surface area contributed by atoms with Crippen LogP contribution < -0.4 is 10.1 Å². The number of hydrogen-bond donors (Lipinski definition) is 1. The van der Waals surface area contributed by atoms with Gasteiger partial charge in [-0.25, -0.2) is 0 Å². The van der Waals surface area contributed by atoms with Gasteiger partial charge in [0.1, 0.15) is 12.4 Å². The summed E-state index contributed by atoms with van der Waals surface area (Å²) in [6, 6.07) is 16.6. The second kappa shape index (κ2) is 8.92. The molecule has 128 valence electrons. The van der Waals surface area contributed by atoms with E-state index in [1.165, 1.54) is 16.7 Å². The molecule has 0 saturated carbocycles. The van der Waals surface area contributed by atoms with Gasteiger partial charge in [-0.2, -0.15) is 0 Å². The van der Waals surface area contributed by atoms with Crippen LogP contribution in [0.1, 0.15) is 16.7 Å². The van der Waals surface area contributed by atoms with E-state index in [-0.39, 0.29) is 24.0 Å². The number of nitrogens with zero attached hydrogens (tertiary/aromatic N) is 2. The van der Waals surface area contributed by atoms with Crippen molar-refractivity contribution < 1.29 is 4.74 Å². The Morgan fingerprint density at radius 2 is 1.92 bits per heavy atom. The molecule has 0 radical (unpaired) electrons. The lowest BCUT2D eigenvalue weighted by Gasteiger charge is -2.15. The van der Waals surface area contributed by atoms with E-state index in [0.717, 1.165) is 31.3 Å². The summed E-state index contributed by atoms with van der Waals surface area (Å²) < 4.78 is 5.84. The Bertz CT molecular complexity index is 685. The maximum Gasteiger partial charge on any atom is 0.194 e. The minimum atomic E-state index is 0. The molecule has 0 amide bonds. The standard InChI is InChI=1S/C19H23N3O.HI/c1-15-4-3-5-17(12-15)14-23-18-8-6-16(7-9-18)13-21-19-20-10-11-22(19)2;/h3-9,12H,10-11,13-14H2,1-2H3,(H,20,21);1H.